The fraction of sp³-hybridized carbons (Fsp3) is 0.500. The summed E-state index contributed by atoms with van der Waals surface area (Å²) in [4.78, 5) is 1.18. The maximum absolute atomic E-state index is 12.3. The summed E-state index contributed by atoms with van der Waals surface area (Å²) in [6.07, 6.45) is -4.20. The smallest absolute Gasteiger partial charge is 0.405 e. The van der Waals surface area contributed by atoms with Crippen LogP contribution in [-0.4, -0.2) is 26.9 Å². The molecule has 0 heterocycles. The number of halogens is 3. The number of aryl methyl sites for hydroxylation is 2. The van der Waals surface area contributed by atoms with Gasteiger partial charge in [-0.2, -0.15) is 13.2 Å². The Hall–Kier alpha value is -1.39. The largest absolute Gasteiger partial charge is 0.496 e. The maximum Gasteiger partial charge on any atom is 0.405 e. The van der Waals surface area contributed by atoms with Gasteiger partial charge < -0.3 is 9.64 Å². The lowest BCUT2D eigenvalue weighted by Crippen LogP contribution is -2.30. The second kappa shape index (κ2) is 4.85. The van der Waals surface area contributed by atoms with E-state index < -0.39 is 12.7 Å². The molecule has 0 aromatic heterocycles. The number of nitrogens with zero attached hydrogens (tertiary/aromatic N) is 1. The number of alkyl halides is 3. The highest BCUT2D eigenvalue weighted by atomic mass is 19.4. The second-order valence-corrected chi connectivity index (χ2v) is 4.08. The number of rotatable bonds is 3. The molecule has 1 aromatic carbocycles. The van der Waals surface area contributed by atoms with Gasteiger partial charge in [-0.15, -0.1) is 0 Å². The van der Waals surface area contributed by atoms with E-state index in [1.54, 1.807) is 19.2 Å². The molecule has 5 heteroatoms. The van der Waals surface area contributed by atoms with E-state index in [0.717, 1.165) is 11.1 Å². The summed E-state index contributed by atoms with van der Waals surface area (Å²) < 4.78 is 42.0. The molecule has 1 rings (SSSR count). The van der Waals surface area contributed by atoms with Crippen molar-refractivity contribution in [3.05, 3.63) is 23.3 Å². The van der Waals surface area contributed by atoms with Crippen molar-refractivity contribution >= 4 is 5.69 Å². The van der Waals surface area contributed by atoms with Crippen LogP contribution in [0.5, 0.6) is 5.75 Å². The topological polar surface area (TPSA) is 12.5 Å². The molecule has 96 valence electrons. The van der Waals surface area contributed by atoms with Crippen LogP contribution in [0.25, 0.3) is 0 Å². The van der Waals surface area contributed by atoms with Crippen molar-refractivity contribution in [1.29, 1.82) is 0 Å². The first-order chi connectivity index (χ1) is 7.74. The molecule has 0 unspecified atom stereocenters. The zero-order chi connectivity index (χ0) is 13.2. The number of hydrogen-bond donors (Lipinski definition) is 0. The van der Waals surface area contributed by atoms with Gasteiger partial charge in [0.15, 0.2) is 0 Å². The Morgan fingerprint density at radius 3 is 2.00 bits per heavy atom. The number of methoxy groups -OCH3 is 1. The van der Waals surface area contributed by atoms with Gasteiger partial charge in [-0.3, -0.25) is 0 Å². The Morgan fingerprint density at radius 1 is 1.18 bits per heavy atom. The van der Waals surface area contributed by atoms with Crippen molar-refractivity contribution in [3.8, 4) is 5.75 Å². The van der Waals surface area contributed by atoms with Gasteiger partial charge in [0, 0.05) is 12.7 Å². The molecule has 0 aliphatic rings. The van der Waals surface area contributed by atoms with Gasteiger partial charge in [0.25, 0.3) is 0 Å². The molecule has 0 aliphatic carbocycles. The van der Waals surface area contributed by atoms with Gasteiger partial charge in [0.2, 0.25) is 0 Å². The Balaban J connectivity index is 3.00. The number of ether oxygens (including phenoxy) is 1. The molecule has 0 N–H and O–H groups in total. The summed E-state index contributed by atoms with van der Waals surface area (Å²) in [5, 5.41) is 0. The molecule has 0 spiro atoms. The Kier molecular flexibility index (Phi) is 3.91. The van der Waals surface area contributed by atoms with E-state index in [2.05, 4.69) is 0 Å². The lowest BCUT2D eigenvalue weighted by atomic mass is 10.1. The zero-order valence-electron chi connectivity index (χ0n) is 10.4. The summed E-state index contributed by atoms with van der Waals surface area (Å²) in [6, 6.07) is 3.38. The first kappa shape index (κ1) is 13.7. The number of anilines is 1. The van der Waals surface area contributed by atoms with Gasteiger partial charge >= 0.3 is 6.18 Å². The quantitative estimate of drug-likeness (QED) is 0.812. The van der Waals surface area contributed by atoms with Gasteiger partial charge in [-0.05, 0) is 37.1 Å². The standard InChI is InChI=1S/C12H16F3NO/c1-8-5-10(6-9(2)11(8)17-4)16(3)7-12(13,14)15/h5-6H,7H2,1-4H3. The van der Waals surface area contributed by atoms with Crippen LogP contribution in [0, 0.1) is 13.8 Å². The van der Waals surface area contributed by atoms with Crippen molar-refractivity contribution in [3.63, 3.8) is 0 Å². The van der Waals surface area contributed by atoms with Gasteiger partial charge in [0.1, 0.15) is 12.3 Å². The summed E-state index contributed by atoms with van der Waals surface area (Å²) in [5.41, 5.74) is 2.20. The van der Waals surface area contributed by atoms with Crippen molar-refractivity contribution in [2.24, 2.45) is 0 Å². The average molecular weight is 247 g/mol. The Morgan fingerprint density at radius 2 is 1.65 bits per heavy atom. The molecular weight excluding hydrogens is 231 g/mol. The van der Waals surface area contributed by atoms with Crippen LogP contribution in [0.2, 0.25) is 0 Å². The van der Waals surface area contributed by atoms with E-state index in [0.29, 0.717) is 11.4 Å². The van der Waals surface area contributed by atoms with Crippen LogP contribution in [-0.2, 0) is 0 Å². The lowest BCUT2D eigenvalue weighted by Gasteiger charge is -2.22. The van der Waals surface area contributed by atoms with E-state index in [1.807, 2.05) is 13.8 Å². The third-order valence-electron chi connectivity index (χ3n) is 2.51. The molecule has 17 heavy (non-hydrogen) atoms. The van der Waals surface area contributed by atoms with Crippen LogP contribution < -0.4 is 9.64 Å². The molecule has 0 fully saturated rings. The molecule has 2 nitrogen and oxygen atoms in total. The third-order valence-corrected chi connectivity index (χ3v) is 2.51. The van der Waals surface area contributed by atoms with E-state index in [4.69, 9.17) is 4.74 Å². The molecule has 0 radical (unpaired) electrons. The summed E-state index contributed by atoms with van der Waals surface area (Å²) in [7, 11) is 2.97. The molecule has 0 amide bonds. The monoisotopic (exact) mass is 247 g/mol. The molecule has 1 aromatic rings. The van der Waals surface area contributed by atoms with Crippen LogP contribution in [0.3, 0.4) is 0 Å². The predicted molar refractivity (Wildman–Crippen MR) is 61.8 cm³/mol. The van der Waals surface area contributed by atoms with Crippen molar-refractivity contribution < 1.29 is 17.9 Å². The summed E-state index contributed by atoms with van der Waals surface area (Å²) >= 11 is 0. The highest BCUT2D eigenvalue weighted by Gasteiger charge is 2.29. The fourth-order valence-corrected chi connectivity index (χ4v) is 1.83. The minimum Gasteiger partial charge on any atom is -0.496 e. The van der Waals surface area contributed by atoms with E-state index in [-0.39, 0.29) is 0 Å². The summed E-state index contributed by atoms with van der Waals surface area (Å²) in [6.45, 7) is 2.67. The van der Waals surface area contributed by atoms with Gasteiger partial charge in [-0.25, -0.2) is 0 Å². The van der Waals surface area contributed by atoms with Crippen LogP contribution in [0.4, 0.5) is 18.9 Å². The van der Waals surface area contributed by atoms with Crippen molar-refractivity contribution in [2.75, 3.05) is 25.6 Å². The molecule has 0 atom stereocenters. The Labute approximate surface area is 99.0 Å². The normalized spacial score (nSPS) is 11.5. The van der Waals surface area contributed by atoms with Crippen LogP contribution in [0.1, 0.15) is 11.1 Å². The molecule has 0 saturated heterocycles. The second-order valence-electron chi connectivity index (χ2n) is 4.08. The molecule has 0 bridgehead atoms. The van der Waals surface area contributed by atoms with Gasteiger partial charge in [-0.1, -0.05) is 0 Å². The SMILES string of the molecule is COc1c(C)cc(N(C)CC(F)(F)F)cc1C. The third kappa shape index (κ3) is 3.54. The molecule has 0 aliphatic heterocycles. The number of benzene rings is 1. The average Bonchev–Trinajstić information content (AvgIpc) is 2.14. The van der Waals surface area contributed by atoms with Gasteiger partial charge in [0.05, 0.1) is 7.11 Å². The first-order valence-corrected chi connectivity index (χ1v) is 5.17. The van der Waals surface area contributed by atoms with Crippen molar-refractivity contribution in [1.82, 2.24) is 0 Å². The van der Waals surface area contributed by atoms with E-state index in [1.165, 1.54) is 11.9 Å². The minimum atomic E-state index is -4.20. The molecular formula is C12H16F3NO. The van der Waals surface area contributed by atoms with E-state index >= 15 is 0 Å². The Bertz CT molecular complexity index is 378. The van der Waals surface area contributed by atoms with E-state index in [9.17, 15) is 13.2 Å². The fourth-order valence-electron chi connectivity index (χ4n) is 1.83. The van der Waals surface area contributed by atoms with Crippen molar-refractivity contribution in [2.45, 2.75) is 20.0 Å². The number of hydrogen-bond acceptors (Lipinski definition) is 2. The van der Waals surface area contributed by atoms with Crippen LogP contribution in [0.15, 0.2) is 12.1 Å². The molecule has 0 saturated carbocycles. The van der Waals surface area contributed by atoms with Crippen LogP contribution >= 0.6 is 0 Å². The summed E-state index contributed by atoms with van der Waals surface area (Å²) in [5.74, 6) is 0.717. The highest BCUT2D eigenvalue weighted by molar-refractivity contribution is 5.56. The lowest BCUT2D eigenvalue weighted by molar-refractivity contribution is -0.119. The minimum absolute atomic E-state index is 0.540. The highest BCUT2D eigenvalue weighted by Crippen LogP contribution is 2.29. The maximum atomic E-state index is 12.3. The zero-order valence-corrected chi connectivity index (χ0v) is 10.4. The first-order valence-electron chi connectivity index (χ1n) is 5.17. The predicted octanol–water partition coefficient (Wildman–Crippen LogP) is 3.31.